The standard InChI is InChI=1S/C16H10F6NO2/c17-15(18,19)14-7-2-1-5-12(14)9-23-24-10-11-4-3-6-13(8-11)25-16(20,21)22/h1-8H,10H2. The lowest BCUT2D eigenvalue weighted by Crippen LogP contribution is -2.17. The molecule has 2 aromatic rings. The smallest absolute Gasteiger partial charge is 0.406 e. The largest absolute Gasteiger partial charge is 0.573 e. The summed E-state index contributed by atoms with van der Waals surface area (Å²) in [7, 11) is 0. The maximum Gasteiger partial charge on any atom is 0.573 e. The van der Waals surface area contributed by atoms with Gasteiger partial charge in [0.05, 0.1) is 5.56 Å². The molecule has 0 aliphatic carbocycles. The van der Waals surface area contributed by atoms with E-state index in [-0.39, 0.29) is 17.7 Å². The Morgan fingerprint density at radius 3 is 2.32 bits per heavy atom. The fourth-order valence-electron chi connectivity index (χ4n) is 1.85. The number of halogens is 6. The van der Waals surface area contributed by atoms with Crippen molar-refractivity contribution >= 4 is 6.21 Å². The van der Waals surface area contributed by atoms with Crippen LogP contribution in [0.15, 0.2) is 53.7 Å². The molecule has 0 atom stereocenters. The molecule has 25 heavy (non-hydrogen) atoms. The second-order valence-electron chi connectivity index (χ2n) is 4.72. The van der Waals surface area contributed by atoms with Crippen molar-refractivity contribution in [3.63, 3.8) is 0 Å². The van der Waals surface area contributed by atoms with E-state index in [0.717, 1.165) is 24.3 Å². The minimum Gasteiger partial charge on any atom is -0.406 e. The lowest BCUT2D eigenvalue weighted by atomic mass is 10.1. The Hall–Kier alpha value is -2.71. The Bertz CT molecular complexity index is 740. The van der Waals surface area contributed by atoms with Gasteiger partial charge in [-0.2, -0.15) is 13.2 Å². The topological polar surface area (TPSA) is 30.8 Å². The fraction of sp³-hybridized carbons (Fsp3) is 0.188. The van der Waals surface area contributed by atoms with Crippen LogP contribution in [0.2, 0.25) is 0 Å². The Balaban J connectivity index is 2.00. The van der Waals surface area contributed by atoms with Crippen LogP contribution in [0.25, 0.3) is 0 Å². The molecule has 0 aromatic heterocycles. The minimum atomic E-state index is -4.83. The lowest BCUT2D eigenvalue weighted by molar-refractivity contribution is -0.274. The maximum absolute atomic E-state index is 12.8. The quantitative estimate of drug-likeness (QED) is 0.424. The Morgan fingerprint density at radius 1 is 0.920 bits per heavy atom. The van der Waals surface area contributed by atoms with Crippen molar-refractivity contribution < 1.29 is 35.9 Å². The third-order valence-corrected chi connectivity index (χ3v) is 2.83. The molecule has 0 aliphatic rings. The van der Waals surface area contributed by atoms with E-state index in [1.807, 2.05) is 0 Å². The van der Waals surface area contributed by atoms with Gasteiger partial charge >= 0.3 is 12.5 Å². The van der Waals surface area contributed by atoms with E-state index in [0.29, 0.717) is 0 Å². The number of benzene rings is 2. The Labute approximate surface area is 138 Å². The van der Waals surface area contributed by atoms with Gasteiger partial charge in [0, 0.05) is 5.56 Å². The fourth-order valence-corrected chi connectivity index (χ4v) is 1.85. The summed E-state index contributed by atoms with van der Waals surface area (Å²) < 4.78 is 78.4. The van der Waals surface area contributed by atoms with Crippen molar-refractivity contribution in [3.8, 4) is 5.75 Å². The number of ether oxygens (including phenoxy) is 1. The highest BCUT2D eigenvalue weighted by Crippen LogP contribution is 2.31. The second kappa shape index (κ2) is 7.45. The third-order valence-electron chi connectivity index (χ3n) is 2.83. The van der Waals surface area contributed by atoms with Gasteiger partial charge in [-0.15, -0.1) is 13.2 Å². The predicted octanol–water partition coefficient (Wildman–Crippen LogP) is 5.03. The molecule has 0 amide bonds. The summed E-state index contributed by atoms with van der Waals surface area (Å²) in [5.74, 6) is -0.441. The average Bonchev–Trinajstić information content (AvgIpc) is 2.50. The molecular formula is C16H10F6NO2. The van der Waals surface area contributed by atoms with Crippen molar-refractivity contribution in [2.45, 2.75) is 19.1 Å². The van der Waals surface area contributed by atoms with Crippen LogP contribution < -0.4 is 4.74 Å². The highest BCUT2D eigenvalue weighted by atomic mass is 19.4. The number of hydrogen-bond acceptors (Lipinski definition) is 3. The normalized spacial score (nSPS) is 12.4. The van der Waals surface area contributed by atoms with E-state index < -0.39 is 23.9 Å². The molecule has 1 radical (unpaired) electrons. The Kier molecular flexibility index (Phi) is 5.55. The molecule has 3 nitrogen and oxygen atoms in total. The van der Waals surface area contributed by atoms with Crippen LogP contribution in [0.5, 0.6) is 5.75 Å². The molecule has 0 spiro atoms. The Morgan fingerprint density at radius 2 is 1.64 bits per heavy atom. The van der Waals surface area contributed by atoms with E-state index in [9.17, 15) is 26.3 Å². The van der Waals surface area contributed by atoms with Crippen LogP contribution in [0.3, 0.4) is 0 Å². The van der Waals surface area contributed by atoms with E-state index in [4.69, 9.17) is 4.84 Å². The molecule has 0 heterocycles. The predicted molar refractivity (Wildman–Crippen MR) is 75.9 cm³/mol. The van der Waals surface area contributed by atoms with E-state index in [1.54, 1.807) is 0 Å². The zero-order valence-electron chi connectivity index (χ0n) is 12.4. The first kappa shape index (κ1) is 18.6. The zero-order chi connectivity index (χ0) is 18.5. The monoisotopic (exact) mass is 362 g/mol. The van der Waals surface area contributed by atoms with Crippen molar-refractivity contribution in [3.05, 3.63) is 65.2 Å². The molecule has 0 saturated carbocycles. The van der Waals surface area contributed by atoms with Gasteiger partial charge in [0.15, 0.2) is 0 Å². The number of nitrogens with zero attached hydrogens (tertiary/aromatic N) is 1. The molecule has 2 rings (SSSR count). The molecule has 0 bridgehead atoms. The highest BCUT2D eigenvalue weighted by Gasteiger charge is 2.33. The molecule has 0 N–H and O–H groups in total. The second-order valence-corrected chi connectivity index (χ2v) is 4.72. The maximum atomic E-state index is 12.8. The lowest BCUT2D eigenvalue weighted by Gasteiger charge is -2.10. The van der Waals surface area contributed by atoms with Crippen LogP contribution >= 0.6 is 0 Å². The van der Waals surface area contributed by atoms with E-state index in [2.05, 4.69) is 16.1 Å². The van der Waals surface area contributed by atoms with Gasteiger partial charge in [-0.1, -0.05) is 35.5 Å². The molecule has 2 aromatic carbocycles. The van der Waals surface area contributed by atoms with Crippen LogP contribution in [0.1, 0.15) is 16.7 Å². The summed E-state index contributed by atoms with van der Waals surface area (Å²) in [5.41, 5.74) is -0.955. The van der Waals surface area contributed by atoms with Gasteiger partial charge in [-0.05, 0) is 23.8 Å². The van der Waals surface area contributed by atoms with Gasteiger partial charge in [-0.25, -0.2) is 0 Å². The summed E-state index contributed by atoms with van der Waals surface area (Å²) in [4.78, 5) is 4.79. The minimum absolute atomic E-state index is 0.268. The first-order valence-corrected chi connectivity index (χ1v) is 6.74. The SMILES string of the molecule is FC(F)(F)Oc1cccc(CON=[C]c2ccccc2C(F)(F)F)c1. The summed E-state index contributed by atoms with van der Waals surface area (Å²) in [6.45, 7) is -0.268. The average molecular weight is 362 g/mol. The molecule has 0 fully saturated rings. The molecule has 0 aliphatic heterocycles. The first-order valence-electron chi connectivity index (χ1n) is 6.74. The summed E-state index contributed by atoms with van der Waals surface area (Å²) >= 11 is 0. The van der Waals surface area contributed by atoms with Gasteiger partial charge in [0.1, 0.15) is 18.6 Å². The first-order chi connectivity index (χ1) is 11.6. The summed E-state index contributed by atoms with van der Waals surface area (Å²) in [6, 6.07) is 9.57. The van der Waals surface area contributed by atoms with Crippen molar-refractivity contribution in [2.75, 3.05) is 0 Å². The van der Waals surface area contributed by atoms with Crippen molar-refractivity contribution in [2.24, 2.45) is 5.16 Å². The number of alkyl halides is 6. The molecule has 0 unspecified atom stereocenters. The zero-order valence-corrected chi connectivity index (χ0v) is 12.4. The van der Waals surface area contributed by atoms with E-state index >= 15 is 0 Å². The van der Waals surface area contributed by atoms with Gasteiger partial charge in [0.2, 0.25) is 0 Å². The molecule has 0 saturated heterocycles. The van der Waals surface area contributed by atoms with Gasteiger partial charge in [0.25, 0.3) is 0 Å². The van der Waals surface area contributed by atoms with Gasteiger partial charge in [-0.3, -0.25) is 0 Å². The van der Waals surface area contributed by atoms with Crippen LogP contribution in [0.4, 0.5) is 26.3 Å². The number of rotatable bonds is 5. The van der Waals surface area contributed by atoms with Crippen molar-refractivity contribution in [1.82, 2.24) is 0 Å². The van der Waals surface area contributed by atoms with Crippen molar-refractivity contribution in [1.29, 1.82) is 0 Å². The summed E-state index contributed by atoms with van der Waals surface area (Å²) in [6.07, 6.45) is -7.28. The van der Waals surface area contributed by atoms with Crippen LogP contribution in [-0.4, -0.2) is 12.6 Å². The summed E-state index contributed by atoms with van der Waals surface area (Å²) in [5, 5.41) is 3.30. The molecular weight excluding hydrogens is 352 g/mol. The van der Waals surface area contributed by atoms with Gasteiger partial charge < -0.3 is 9.57 Å². The number of hydrogen-bond donors (Lipinski definition) is 0. The highest BCUT2D eigenvalue weighted by molar-refractivity contribution is 5.81. The third kappa shape index (κ3) is 6.02. The van der Waals surface area contributed by atoms with E-state index in [1.165, 1.54) is 24.3 Å². The molecule has 133 valence electrons. The van der Waals surface area contributed by atoms with Crippen LogP contribution in [0, 0.1) is 0 Å². The van der Waals surface area contributed by atoms with Crippen LogP contribution in [-0.2, 0) is 17.6 Å². The molecule has 9 heteroatoms.